The van der Waals surface area contributed by atoms with Crippen LogP contribution in [0.15, 0.2) is 0 Å². The van der Waals surface area contributed by atoms with Crippen LogP contribution in [0.3, 0.4) is 0 Å². The van der Waals surface area contributed by atoms with Crippen molar-refractivity contribution in [2.24, 2.45) is 5.92 Å². The largest absolute Gasteiger partial charge is 0.297 e. The van der Waals surface area contributed by atoms with Crippen molar-refractivity contribution in [1.82, 2.24) is 4.90 Å². The molecule has 0 aromatic carbocycles. The molecule has 0 amide bonds. The number of rotatable bonds is 3. The Morgan fingerprint density at radius 3 is 2.62 bits per heavy atom. The summed E-state index contributed by atoms with van der Waals surface area (Å²) < 4.78 is 13.5. The Balaban J connectivity index is 1.87. The van der Waals surface area contributed by atoms with E-state index in [9.17, 15) is 4.39 Å². The van der Waals surface area contributed by atoms with Crippen LogP contribution in [0.25, 0.3) is 0 Å². The summed E-state index contributed by atoms with van der Waals surface area (Å²) in [6, 6.07) is 0.609. The normalized spacial score (nSPS) is 38.1. The Hall–Kier alpha value is -0.110. The third kappa shape index (κ3) is 1.88. The molecule has 1 nitrogen and oxygen atoms in total. The smallest absolute Gasteiger partial charge is 0.123 e. The molecule has 2 rings (SSSR count). The molecule has 0 radical (unpaired) electrons. The van der Waals surface area contributed by atoms with E-state index in [4.69, 9.17) is 0 Å². The van der Waals surface area contributed by atoms with Gasteiger partial charge in [0, 0.05) is 12.6 Å². The van der Waals surface area contributed by atoms with Crippen molar-refractivity contribution in [3.8, 4) is 0 Å². The molecule has 0 aromatic heterocycles. The summed E-state index contributed by atoms with van der Waals surface area (Å²) in [5, 5.41) is 0. The molecule has 2 fully saturated rings. The van der Waals surface area contributed by atoms with Gasteiger partial charge in [-0.05, 0) is 38.6 Å². The van der Waals surface area contributed by atoms with E-state index in [0.717, 1.165) is 25.3 Å². The minimum atomic E-state index is -0.795. The predicted molar refractivity (Wildman–Crippen MR) is 52.5 cm³/mol. The van der Waals surface area contributed by atoms with Crippen LogP contribution in [0, 0.1) is 5.92 Å². The van der Waals surface area contributed by atoms with Gasteiger partial charge in [0.2, 0.25) is 0 Å². The lowest BCUT2D eigenvalue weighted by Gasteiger charge is -2.25. The number of hydrogen-bond acceptors (Lipinski definition) is 1. The quantitative estimate of drug-likeness (QED) is 0.653. The first-order chi connectivity index (χ1) is 6.14. The van der Waals surface area contributed by atoms with E-state index < -0.39 is 5.67 Å². The van der Waals surface area contributed by atoms with Gasteiger partial charge in [0.05, 0.1) is 0 Å². The number of likely N-dealkylation sites (tertiary alicyclic amines) is 1. The summed E-state index contributed by atoms with van der Waals surface area (Å²) in [6.07, 6.45) is 4.12. The summed E-state index contributed by atoms with van der Waals surface area (Å²) in [7, 11) is 0. The molecule has 0 N–H and O–H groups in total. The number of halogens is 1. The maximum atomic E-state index is 13.5. The van der Waals surface area contributed by atoms with Gasteiger partial charge in [-0.2, -0.15) is 0 Å². The summed E-state index contributed by atoms with van der Waals surface area (Å²) in [5.41, 5.74) is -0.795. The van der Waals surface area contributed by atoms with Crippen LogP contribution < -0.4 is 0 Å². The second-order valence-corrected chi connectivity index (χ2v) is 4.82. The van der Waals surface area contributed by atoms with E-state index in [1.54, 1.807) is 0 Å². The highest BCUT2D eigenvalue weighted by molar-refractivity contribution is 4.99. The van der Waals surface area contributed by atoms with Crippen molar-refractivity contribution < 1.29 is 4.39 Å². The van der Waals surface area contributed by atoms with Crippen LogP contribution in [0.5, 0.6) is 0 Å². The van der Waals surface area contributed by atoms with Crippen LogP contribution in [0.1, 0.15) is 39.5 Å². The molecule has 0 aromatic rings. The molecule has 1 saturated heterocycles. The molecular formula is C11H20FN. The Bertz CT molecular complexity index is 189. The van der Waals surface area contributed by atoms with E-state index >= 15 is 0 Å². The van der Waals surface area contributed by atoms with Gasteiger partial charge < -0.3 is 0 Å². The fourth-order valence-electron chi connectivity index (χ4n) is 2.50. The van der Waals surface area contributed by atoms with Crippen LogP contribution in [-0.4, -0.2) is 29.7 Å². The lowest BCUT2D eigenvalue weighted by molar-refractivity contribution is 0.159. The first-order valence-electron chi connectivity index (χ1n) is 5.57. The van der Waals surface area contributed by atoms with Gasteiger partial charge in [0.1, 0.15) is 5.67 Å². The van der Waals surface area contributed by atoms with Crippen molar-refractivity contribution in [2.45, 2.75) is 51.2 Å². The molecule has 1 heterocycles. The Labute approximate surface area is 80.3 Å². The second-order valence-electron chi connectivity index (χ2n) is 4.82. The van der Waals surface area contributed by atoms with Crippen molar-refractivity contribution >= 4 is 0 Å². The van der Waals surface area contributed by atoms with E-state index in [0.29, 0.717) is 12.6 Å². The number of nitrogens with zero attached hydrogens (tertiary/aromatic N) is 1. The van der Waals surface area contributed by atoms with Crippen molar-refractivity contribution in [2.75, 3.05) is 13.1 Å². The third-order valence-corrected chi connectivity index (χ3v) is 3.85. The average Bonchev–Trinajstić information content (AvgIpc) is 2.72. The van der Waals surface area contributed by atoms with Crippen LogP contribution in [-0.2, 0) is 0 Å². The average molecular weight is 185 g/mol. The third-order valence-electron chi connectivity index (χ3n) is 3.85. The van der Waals surface area contributed by atoms with Gasteiger partial charge in [-0.25, -0.2) is 4.39 Å². The zero-order valence-electron chi connectivity index (χ0n) is 8.72. The molecule has 1 aliphatic carbocycles. The van der Waals surface area contributed by atoms with E-state index in [1.807, 2.05) is 0 Å². The molecule has 13 heavy (non-hydrogen) atoms. The molecule has 1 aliphatic heterocycles. The summed E-state index contributed by atoms with van der Waals surface area (Å²) in [5.74, 6) is 0.808. The fraction of sp³-hybridized carbons (Fsp3) is 1.00. The highest BCUT2D eigenvalue weighted by Crippen LogP contribution is 2.42. The SMILES string of the molecule is CCC1CCN(CC2(F)CC2)C1C. The predicted octanol–water partition coefficient (Wildman–Crippen LogP) is 2.61. The second kappa shape index (κ2) is 3.23. The standard InChI is InChI=1S/C11H20FN/c1-3-10-4-7-13(9(10)2)8-11(12)5-6-11/h9-10H,3-8H2,1-2H3. The maximum Gasteiger partial charge on any atom is 0.123 e. The van der Waals surface area contributed by atoms with Crippen LogP contribution in [0.2, 0.25) is 0 Å². The lowest BCUT2D eigenvalue weighted by atomic mass is 9.99. The van der Waals surface area contributed by atoms with E-state index in [1.165, 1.54) is 12.8 Å². The van der Waals surface area contributed by atoms with Crippen LogP contribution in [0.4, 0.5) is 4.39 Å². The first-order valence-corrected chi connectivity index (χ1v) is 5.57. The Kier molecular flexibility index (Phi) is 2.35. The molecule has 2 atom stereocenters. The molecule has 0 bridgehead atoms. The van der Waals surface area contributed by atoms with Crippen LogP contribution >= 0.6 is 0 Å². The molecule has 0 spiro atoms. The minimum Gasteiger partial charge on any atom is -0.297 e. The minimum absolute atomic E-state index is 0.609. The van der Waals surface area contributed by atoms with E-state index in [2.05, 4.69) is 18.7 Å². The van der Waals surface area contributed by atoms with Gasteiger partial charge in [0.15, 0.2) is 0 Å². The summed E-state index contributed by atoms with van der Waals surface area (Å²) in [6.45, 7) is 6.32. The zero-order valence-corrected chi connectivity index (χ0v) is 8.72. The highest BCUT2D eigenvalue weighted by atomic mass is 19.1. The first kappa shape index (κ1) is 9.45. The number of hydrogen-bond donors (Lipinski definition) is 0. The van der Waals surface area contributed by atoms with Gasteiger partial charge in [-0.1, -0.05) is 13.3 Å². The molecule has 2 unspecified atom stereocenters. The lowest BCUT2D eigenvalue weighted by Crippen LogP contribution is -2.35. The Morgan fingerprint density at radius 1 is 1.46 bits per heavy atom. The molecule has 2 heteroatoms. The van der Waals surface area contributed by atoms with Gasteiger partial charge in [-0.3, -0.25) is 4.90 Å². The highest BCUT2D eigenvalue weighted by Gasteiger charge is 2.46. The maximum absolute atomic E-state index is 13.5. The van der Waals surface area contributed by atoms with E-state index in [-0.39, 0.29) is 0 Å². The van der Waals surface area contributed by atoms with Crippen molar-refractivity contribution in [3.05, 3.63) is 0 Å². The molecular weight excluding hydrogens is 165 g/mol. The zero-order chi connectivity index (χ0) is 9.47. The number of alkyl halides is 1. The van der Waals surface area contributed by atoms with Gasteiger partial charge in [-0.15, -0.1) is 0 Å². The Morgan fingerprint density at radius 2 is 2.15 bits per heavy atom. The van der Waals surface area contributed by atoms with Gasteiger partial charge >= 0.3 is 0 Å². The molecule has 76 valence electrons. The van der Waals surface area contributed by atoms with Crippen molar-refractivity contribution in [1.29, 1.82) is 0 Å². The fourth-order valence-corrected chi connectivity index (χ4v) is 2.50. The van der Waals surface area contributed by atoms with Crippen molar-refractivity contribution in [3.63, 3.8) is 0 Å². The topological polar surface area (TPSA) is 3.24 Å². The summed E-state index contributed by atoms with van der Waals surface area (Å²) in [4.78, 5) is 2.35. The monoisotopic (exact) mass is 185 g/mol. The molecule has 2 aliphatic rings. The van der Waals surface area contributed by atoms with Gasteiger partial charge in [0.25, 0.3) is 0 Å². The molecule has 1 saturated carbocycles. The summed E-state index contributed by atoms with van der Waals surface area (Å²) >= 11 is 0.